The van der Waals surface area contributed by atoms with Crippen molar-refractivity contribution in [2.24, 2.45) is 0 Å². The molecule has 0 aliphatic carbocycles. The number of ether oxygens (including phenoxy) is 1. The van der Waals surface area contributed by atoms with Crippen molar-refractivity contribution >= 4 is 33.5 Å². The van der Waals surface area contributed by atoms with Gasteiger partial charge in [0.25, 0.3) is 5.91 Å². The maximum Gasteiger partial charge on any atom is 0.328 e. The summed E-state index contributed by atoms with van der Waals surface area (Å²) in [6, 6.07) is 12.0. The Balaban J connectivity index is 2.31. The van der Waals surface area contributed by atoms with E-state index in [2.05, 4.69) is 5.32 Å². The molecular formula is C19H21ClN2O5S. The van der Waals surface area contributed by atoms with E-state index in [0.29, 0.717) is 0 Å². The summed E-state index contributed by atoms with van der Waals surface area (Å²) in [7, 11) is 0.253. The number of sulfonamides is 1. The maximum absolute atomic E-state index is 12.7. The molecule has 9 heteroatoms. The van der Waals surface area contributed by atoms with Gasteiger partial charge in [0.2, 0.25) is 10.0 Å². The molecule has 0 fully saturated rings. The average Bonchev–Trinajstić information content (AvgIpc) is 2.67. The molecule has 0 saturated heterocycles. The number of amides is 1. The fourth-order valence-electron chi connectivity index (χ4n) is 2.47. The first-order valence-corrected chi connectivity index (χ1v) is 10.1. The molecule has 28 heavy (non-hydrogen) atoms. The Morgan fingerprint density at radius 3 is 2.36 bits per heavy atom. The SMILES string of the molecule is COC(=O)[C@H](Cc1ccccc1)NC(=O)c1cc(S(=O)(=O)N(C)C)ccc1Cl. The van der Waals surface area contributed by atoms with Crippen LogP contribution in [-0.4, -0.2) is 51.8 Å². The molecule has 1 atom stereocenters. The van der Waals surface area contributed by atoms with Crippen molar-refractivity contribution in [3.8, 4) is 0 Å². The predicted molar refractivity (Wildman–Crippen MR) is 106 cm³/mol. The van der Waals surface area contributed by atoms with Gasteiger partial charge in [0, 0.05) is 20.5 Å². The Labute approximate surface area is 169 Å². The van der Waals surface area contributed by atoms with Gasteiger partial charge in [-0.3, -0.25) is 4.79 Å². The molecule has 2 aromatic carbocycles. The number of hydrogen-bond acceptors (Lipinski definition) is 5. The van der Waals surface area contributed by atoms with Gasteiger partial charge in [0.05, 0.1) is 22.6 Å². The third kappa shape index (κ3) is 5.09. The highest BCUT2D eigenvalue weighted by atomic mass is 35.5. The van der Waals surface area contributed by atoms with Crippen molar-refractivity contribution in [3.05, 3.63) is 64.7 Å². The third-order valence-electron chi connectivity index (χ3n) is 4.03. The van der Waals surface area contributed by atoms with E-state index >= 15 is 0 Å². The van der Waals surface area contributed by atoms with E-state index in [1.54, 1.807) is 0 Å². The highest BCUT2D eigenvalue weighted by Crippen LogP contribution is 2.22. The lowest BCUT2D eigenvalue weighted by molar-refractivity contribution is -0.142. The molecular weight excluding hydrogens is 404 g/mol. The van der Waals surface area contributed by atoms with Gasteiger partial charge in [-0.15, -0.1) is 0 Å². The Kier molecular flexibility index (Phi) is 7.17. The van der Waals surface area contributed by atoms with Gasteiger partial charge in [-0.2, -0.15) is 0 Å². The third-order valence-corrected chi connectivity index (χ3v) is 6.18. The van der Waals surface area contributed by atoms with Crippen LogP contribution in [0.3, 0.4) is 0 Å². The van der Waals surface area contributed by atoms with E-state index in [4.69, 9.17) is 16.3 Å². The lowest BCUT2D eigenvalue weighted by Crippen LogP contribution is -2.43. The topological polar surface area (TPSA) is 92.8 Å². The Bertz CT molecular complexity index is 962. The van der Waals surface area contributed by atoms with Crippen LogP contribution in [0.15, 0.2) is 53.4 Å². The van der Waals surface area contributed by atoms with Crippen molar-refractivity contribution in [2.45, 2.75) is 17.4 Å². The Hall–Kier alpha value is -2.42. The number of esters is 1. The maximum atomic E-state index is 12.7. The van der Waals surface area contributed by atoms with Gasteiger partial charge < -0.3 is 10.1 Å². The number of rotatable bonds is 7. The lowest BCUT2D eigenvalue weighted by Gasteiger charge is -2.18. The molecule has 1 N–H and O–H groups in total. The van der Waals surface area contributed by atoms with Crippen LogP contribution in [-0.2, 0) is 26.0 Å². The van der Waals surface area contributed by atoms with Crippen LogP contribution in [0.5, 0.6) is 0 Å². The molecule has 2 aromatic rings. The van der Waals surface area contributed by atoms with Gasteiger partial charge in [-0.1, -0.05) is 41.9 Å². The van der Waals surface area contributed by atoms with Crippen LogP contribution in [0.4, 0.5) is 0 Å². The number of halogens is 1. The normalized spacial score (nSPS) is 12.5. The molecule has 0 aliphatic heterocycles. The smallest absolute Gasteiger partial charge is 0.328 e. The van der Waals surface area contributed by atoms with Gasteiger partial charge in [0.1, 0.15) is 6.04 Å². The van der Waals surface area contributed by atoms with Crippen molar-refractivity contribution in [2.75, 3.05) is 21.2 Å². The molecule has 0 radical (unpaired) electrons. The van der Waals surface area contributed by atoms with Gasteiger partial charge in [-0.05, 0) is 23.8 Å². The second kappa shape index (κ2) is 9.18. The first-order chi connectivity index (χ1) is 13.2. The lowest BCUT2D eigenvalue weighted by atomic mass is 10.1. The van der Waals surface area contributed by atoms with E-state index in [0.717, 1.165) is 9.87 Å². The van der Waals surface area contributed by atoms with E-state index in [1.807, 2.05) is 30.3 Å². The van der Waals surface area contributed by atoms with Crippen LogP contribution in [0.1, 0.15) is 15.9 Å². The zero-order valence-corrected chi connectivity index (χ0v) is 17.3. The van der Waals surface area contributed by atoms with Crippen LogP contribution in [0.25, 0.3) is 0 Å². The number of methoxy groups -OCH3 is 1. The van der Waals surface area contributed by atoms with Crippen molar-refractivity contribution in [1.82, 2.24) is 9.62 Å². The van der Waals surface area contributed by atoms with Crippen molar-refractivity contribution in [1.29, 1.82) is 0 Å². The molecule has 2 rings (SSSR count). The summed E-state index contributed by atoms with van der Waals surface area (Å²) in [5, 5.41) is 2.64. The Morgan fingerprint density at radius 2 is 1.79 bits per heavy atom. The first-order valence-electron chi connectivity index (χ1n) is 8.31. The minimum atomic E-state index is -3.74. The second-order valence-corrected chi connectivity index (χ2v) is 8.73. The van der Waals surface area contributed by atoms with E-state index in [9.17, 15) is 18.0 Å². The molecule has 150 valence electrons. The number of carbonyl (C=O) groups is 2. The summed E-state index contributed by atoms with van der Waals surface area (Å²) >= 11 is 6.09. The molecule has 0 bridgehead atoms. The fourth-order valence-corrected chi connectivity index (χ4v) is 3.60. The summed E-state index contributed by atoms with van der Waals surface area (Å²) in [6.45, 7) is 0. The summed E-state index contributed by atoms with van der Waals surface area (Å²) in [6.07, 6.45) is 0.215. The number of carbonyl (C=O) groups excluding carboxylic acids is 2. The summed E-state index contributed by atoms with van der Waals surface area (Å²) in [5.74, 6) is -1.29. The zero-order chi connectivity index (χ0) is 20.9. The molecule has 7 nitrogen and oxygen atoms in total. The zero-order valence-electron chi connectivity index (χ0n) is 15.7. The van der Waals surface area contributed by atoms with E-state index in [1.165, 1.54) is 39.4 Å². The molecule has 0 aromatic heterocycles. The number of nitrogens with zero attached hydrogens (tertiary/aromatic N) is 1. The van der Waals surface area contributed by atoms with Crippen molar-refractivity contribution in [3.63, 3.8) is 0 Å². The summed E-state index contributed by atoms with van der Waals surface area (Å²) in [5.41, 5.74) is 0.778. The molecule has 0 saturated carbocycles. The monoisotopic (exact) mass is 424 g/mol. The molecule has 0 unspecified atom stereocenters. The second-order valence-electron chi connectivity index (χ2n) is 6.17. The largest absolute Gasteiger partial charge is 0.467 e. The van der Waals surface area contributed by atoms with Crippen LogP contribution >= 0.6 is 11.6 Å². The molecule has 0 spiro atoms. The van der Waals surface area contributed by atoms with Crippen LogP contribution < -0.4 is 5.32 Å². The standard InChI is InChI=1S/C19H21ClN2O5S/c1-22(2)28(25,26)14-9-10-16(20)15(12-14)18(23)21-17(19(24)27-3)11-13-7-5-4-6-8-13/h4-10,12,17H,11H2,1-3H3,(H,21,23)/t17-/m0/s1. The highest BCUT2D eigenvalue weighted by molar-refractivity contribution is 7.89. The van der Waals surface area contributed by atoms with Gasteiger partial charge >= 0.3 is 5.97 Å². The summed E-state index contributed by atoms with van der Waals surface area (Å²) in [4.78, 5) is 24.8. The van der Waals surface area contributed by atoms with Crippen LogP contribution in [0.2, 0.25) is 5.02 Å². The quantitative estimate of drug-likeness (QED) is 0.687. The van der Waals surface area contributed by atoms with Crippen LogP contribution in [0, 0.1) is 0 Å². The van der Waals surface area contributed by atoms with Gasteiger partial charge in [-0.25, -0.2) is 17.5 Å². The van der Waals surface area contributed by atoms with E-state index < -0.39 is 27.9 Å². The molecule has 0 heterocycles. The highest BCUT2D eigenvalue weighted by Gasteiger charge is 2.25. The minimum absolute atomic E-state index is 0.0495. The minimum Gasteiger partial charge on any atom is -0.467 e. The number of benzene rings is 2. The average molecular weight is 425 g/mol. The first kappa shape index (κ1) is 21.9. The molecule has 1 amide bonds. The number of hydrogen-bond donors (Lipinski definition) is 1. The predicted octanol–water partition coefficient (Wildman–Crippen LogP) is 2.10. The fraction of sp³-hybridized carbons (Fsp3) is 0.263. The van der Waals surface area contributed by atoms with Gasteiger partial charge in [0.15, 0.2) is 0 Å². The van der Waals surface area contributed by atoms with E-state index in [-0.39, 0.29) is 21.9 Å². The summed E-state index contributed by atoms with van der Waals surface area (Å²) < 4.78 is 30.4. The molecule has 0 aliphatic rings. The number of nitrogens with one attached hydrogen (secondary N) is 1. The Morgan fingerprint density at radius 1 is 1.14 bits per heavy atom. The van der Waals surface area contributed by atoms with Crippen molar-refractivity contribution < 1.29 is 22.7 Å².